The van der Waals surface area contributed by atoms with Crippen molar-refractivity contribution in [1.82, 2.24) is 5.32 Å². The van der Waals surface area contributed by atoms with Gasteiger partial charge in [0.2, 0.25) is 5.91 Å². The van der Waals surface area contributed by atoms with Gasteiger partial charge in [-0.1, -0.05) is 259 Å². The quantitative estimate of drug-likeness (QED) is 0.0422. The zero-order valence-electron chi connectivity index (χ0n) is 40.9. The summed E-state index contributed by atoms with van der Waals surface area (Å²) >= 11 is 0. The molecule has 2 atom stereocenters. The van der Waals surface area contributed by atoms with E-state index in [0.29, 0.717) is 6.42 Å². The lowest BCUT2D eigenvalue weighted by atomic mass is 10.0. The maximum absolute atomic E-state index is 12.4. The zero-order valence-corrected chi connectivity index (χ0v) is 40.9. The van der Waals surface area contributed by atoms with Gasteiger partial charge in [0.15, 0.2) is 0 Å². The number of carbonyl (C=O) groups excluding carboxylic acids is 1. The van der Waals surface area contributed by atoms with Gasteiger partial charge in [-0.2, -0.15) is 0 Å². The second kappa shape index (κ2) is 52.7. The Balaban J connectivity index is 3.52. The molecule has 0 saturated heterocycles. The van der Waals surface area contributed by atoms with Gasteiger partial charge in [0.05, 0.1) is 18.8 Å². The molecule has 4 nitrogen and oxygen atoms in total. The fraction of sp³-hybridized carbons (Fsp3) is 0.707. The van der Waals surface area contributed by atoms with Crippen LogP contribution in [0.25, 0.3) is 0 Å². The van der Waals surface area contributed by atoms with Gasteiger partial charge in [-0.25, -0.2) is 0 Å². The first-order valence-corrected chi connectivity index (χ1v) is 26.5. The number of aliphatic hydroxyl groups is 2. The molecule has 0 aromatic carbocycles. The SMILES string of the molecule is CC/C=C\C/C=C\C/C=C\C/C=C\C/C=C\C/C=C\C/C=C\CCCCCCCCCCCCCCCCCC(=O)NC(CO)C(O)/C=C/CCCCCCCCCCCCC. The van der Waals surface area contributed by atoms with Gasteiger partial charge in [0, 0.05) is 6.42 Å². The monoisotopic (exact) mass is 860 g/mol. The van der Waals surface area contributed by atoms with Gasteiger partial charge in [-0.15, -0.1) is 0 Å². The summed E-state index contributed by atoms with van der Waals surface area (Å²) in [5.41, 5.74) is 0. The fourth-order valence-electron chi connectivity index (χ4n) is 7.57. The molecule has 0 rings (SSSR count). The van der Waals surface area contributed by atoms with Crippen molar-refractivity contribution in [3.63, 3.8) is 0 Å². The summed E-state index contributed by atoms with van der Waals surface area (Å²) < 4.78 is 0. The summed E-state index contributed by atoms with van der Waals surface area (Å²) in [6.45, 7) is 4.19. The van der Waals surface area contributed by atoms with Crippen LogP contribution in [0.4, 0.5) is 0 Å². The first-order valence-electron chi connectivity index (χ1n) is 26.5. The van der Waals surface area contributed by atoms with Crippen molar-refractivity contribution in [3.8, 4) is 0 Å². The van der Waals surface area contributed by atoms with E-state index in [-0.39, 0.29) is 12.5 Å². The van der Waals surface area contributed by atoms with Crippen molar-refractivity contribution in [3.05, 3.63) is 97.2 Å². The van der Waals surface area contributed by atoms with Crippen molar-refractivity contribution in [2.24, 2.45) is 0 Å². The Morgan fingerprint density at radius 1 is 0.403 bits per heavy atom. The number of aliphatic hydroxyl groups excluding tert-OH is 2. The van der Waals surface area contributed by atoms with Crippen molar-refractivity contribution in [2.45, 2.75) is 257 Å². The number of hydrogen-bond acceptors (Lipinski definition) is 3. The molecule has 0 aliphatic carbocycles. The van der Waals surface area contributed by atoms with Crippen LogP contribution in [0.5, 0.6) is 0 Å². The lowest BCUT2D eigenvalue weighted by Crippen LogP contribution is -2.45. The highest BCUT2D eigenvalue weighted by molar-refractivity contribution is 5.76. The van der Waals surface area contributed by atoms with Gasteiger partial charge in [0.1, 0.15) is 0 Å². The Morgan fingerprint density at radius 3 is 1.06 bits per heavy atom. The van der Waals surface area contributed by atoms with Crippen LogP contribution in [0.2, 0.25) is 0 Å². The van der Waals surface area contributed by atoms with E-state index in [2.05, 4.69) is 104 Å². The van der Waals surface area contributed by atoms with Crippen molar-refractivity contribution in [2.75, 3.05) is 6.61 Å². The number of allylic oxidation sites excluding steroid dienone is 15. The predicted molar refractivity (Wildman–Crippen MR) is 276 cm³/mol. The number of rotatable bonds is 47. The zero-order chi connectivity index (χ0) is 44.9. The standard InChI is InChI=1S/C58H101NO3/c1-3-5-7-9-11-13-15-17-18-19-20-21-22-23-24-25-26-27-28-29-30-31-32-33-34-35-36-37-38-39-40-42-44-46-48-50-52-54-58(62)59-56(55-60)57(61)53-51-49-47-45-43-41-16-14-12-10-8-6-4-2/h5,7,11,13,17-18,20-21,23-24,26-27,29-30,51,53,56-57,60-61H,3-4,6,8-10,12,14-16,19,22,25,28,31-50,52,54-55H2,1-2H3,(H,59,62)/b7-5-,13-11-,18-17-,21-20-,24-23-,27-26-,30-29-,53-51+. The maximum Gasteiger partial charge on any atom is 0.220 e. The van der Waals surface area contributed by atoms with Crippen molar-refractivity contribution < 1.29 is 15.0 Å². The first-order chi connectivity index (χ1) is 30.7. The van der Waals surface area contributed by atoms with E-state index in [4.69, 9.17) is 0 Å². The van der Waals surface area contributed by atoms with E-state index < -0.39 is 12.1 Å². The third-order valence-corrected chi connectivity index (χ3v) is 11.6. The summed E-state index contributed by atoms with van der Waals surface area (Å²) in [5, 5.41) is 23.0. The molecule has 0 fully saturated rings. The maximum atomic E-state index is 12.4. The van der Waals surface area contributed by atoms with Crippen LogP contribution in [0.3, 0.4) is 0 Å². The normalized spacial score (nSPS) is 13.7. The molecule has 356 valence electrons. The Labute approximate surface area is 385 Å². The van der Waals surface area contributed by atoms with Gasteiger partial charge in [-0.3, -0.25) is 4.79 Å². The molecule has 0 bridgehead atoms. The minimum atomic E-state index is -0.842. The lowest BCUT2D eigenvalue weighted by Gasteiger charge is -2.20. The number of hydrogen-bond donors (Lipinski definition) is 3. The second-order valence-electron chi connectivity index (χ2n) is 17.6. The van der Waals surface area contributed by atoms with Crippen LogP contribution in [-0.4, -0.2) is 34.9 Å². The van der Waals surface area contributed by atoms with Gasteiger partial charge in [0.25, 0.3) is 0 Å². The Kier molecular flexibility index (Phi) is 50.4. The summed E-state index contributed by atoms with van der Waals surface area (Å²) in [6, 6.07) is -0.625. The molecule has 0 spiro atoms. The van der Waals surface area contributed by atoms with Gasteiger partial charge >= 0.3 is 0 Å². The van der Waals surface area contributed by atoms with E-state index in [1.165, 1.54) is 154 Å². The minimum Gasteiger partial charge on any atom is -0.394 e. The number of unbranched alkanes of at least 4 members (excludes halogenated alkanes) is 26. The molecule has 0 heterocycles. The average molecular weight is 860 g/mol. The summed E-state index contributed by atoms with van der Waals surface area (Å²) in [6.07, 6.45) is 78.4. The largest absolute Gasteiger partial charge is 0.394 e. The first kappa shape index (κ1) is 59.3. The summed E-state index contributed by atoms with van der Waals surface area (Å²) in [7, 11) is 0. The van der Waals surface area contributed by atoms with E-state index in [9.17, 15) is 15.0 Å². The van der Waals surface area contributed by atoms with Crippen molar-refractivity contribution in [1.29, 1.82) is 0 Å². The molecule has 1 amide bonds. The summed E-state index contributed by atoms with van der Waals surface area (Å²) in [5.74, 6) is -0.0672. The molecule has 0 aromatic heterocycles. The van der Waals surface area contributed by atoms with Crippen molar-refractivity contribution >= 4 is 5.91 Å². The predicted octanol–water partition coefficient (Wildman–Crippen LogP) is 17.4. The Bertz CT molecular complexity index is 1160. The highest BCUT2D eigenvalue weighted by Crippen LogP contribution is 2.15. The van der Waals surface area contributed by atoms with Crippen LogP contribution in [0.15, 0.2) is 97.2 Å². The lowest BCUT2D eigenvalue weighted by molar-refractivity contribution is -0.123. The van der Waals surface area contributed by atoms with E-state index in [1.807, 2.05) is 6.08 Å². The van der Waals surface area contributed by atoms with Crippen LogP contribution < -0.4 is 5.32 Å². The van der Waals surface area contributed by atoms with Gasteiger partial charge < -0.3 is 15.5 Å². The second-order valence-corrected chi connectivity index (χ2v) is 17.6. The number of carbonyl (C=O) groups is 1. The van der Waals surface area contributed by atoms with Gasteiger partial charge in [-0.05, 0) is 77.0 Å². The molecule has 0 aliphatic heterocycles. The molecule has 2 unspecified atom stereocenters. The minimum absolute atomic E-state index is 0.0672. The molecule has 0 aliphatic rings. The molecule has 4 heteroatoms. The molecule has 62 heavy (non-hydrogen) atoms. The Hall–Kier alpha value is -2.69. The highest BCUT2D eigenvalue weighted by Gasteiger charge is 2.18. The van der Waals surface area contributed by atoms with Crippen LogP contribution >= 0.6 is 0 Å². The van der Waals surface area contributed by atoms with Crippen LogP contribution in [-0.2, 0) is 4.79 Å². The third-order valence-electron chi connectivity index (χ3n) is 11.6. The third kappa shape index (κ3) is 48.3. The van der Waals surface area contributed by atoms with E-state index in [0.717, 1.165) is 70.6 Å². The summed E-state index contributed by atoms with van der Waals surface area (Å²) in [4.78, 5) is 12.4. The number of nitrogens with one attached hydrogen (secondary N) is 1. The van der Waals surface area contributed by atoms with E-state index >= 15 is 0 Å². The molecule has 3 N–H and O–H groups in total. The molecule has 0 radical (unpaired) electrons. The van der Waals surface area contributed by atoms with E-state index in [1.54, 1.807) is 6.08 Å². The highest BCUT2D eigenvalue weighted by atomic mass is 16.3. The average Bonchev–Trinajstić information content (AvgIpc) is 3.28. The number of amides is 1. The Morgan fingerprint density at radius 2 is 0.710 bits per heavy atom. The topological polar surface area (TPSA) is 69.6 Å². The fourth-order valence-corrected chi connectivity index (χ4v) is 7.57. The molecular weight excluding hydrogens is 759 g/mol. The smallest absolute Gasteiger partial charge is 0.220 e. The molecule has 0 aromatic rings. The van der Waals surface area contributed by atoms with Crippen LogP contribution in [0, 0.1) is 0 Å². The molecular formula is C58H101NO3. The molecule has 0 saturated carbocycles. The van der Waals surface area contributed by atoms with Crippen LogP contribution in [0.1, 0.15) is 245 Å².